The number of hydrogen-bond acceptors (Lipinski definition) is 4. The van der Waals surface area contributed by atoms with E-state index in [0.29, 0.717) is 5.56 Å². The van der Waals surface area contributed by atoms with Crippen LogP contribution in [0.5, 0.6) is 0 Å². The fourth-order valence-corrected chi connectivity index (χ4v) is 4.03. The van der Waals surface area contributed by atoms with Gasteiger partial charge < -0.3 is 10.2 Å². The number of carbonyl (C=O) groups is 1. The molecule has 5 nitrogen and oxygen atoms in total. The number of anilines is 2. The van der Waals surface area contributed by atoms with Gasteiger partial charge in [0.25, 0.3) is 0 Å². The number of amides is 1. The number of nitrogens with one attached hydrogen (secondary N) is 1. The largest absolute Gasteiger partial charge is 0.370 e. The minimum absolute atomic E-state index is 0.0184. The van der Waals surface area contributed by atoms with E-state index in [1.807, 2.05) is 42.5 Å². The number of pyridine rings is 1. The lowest BCUT2D eigenvalue weighted by Crippen LogP contribution is -2.38. The molecule has 0 bridgehead atoms. The fourth-order valence-electron chi connectivity index (χ4n) is 4.03. The van der Waals surface area contributed by atoms with Crippen molar-refractivity contribution in [3.05, 3.63) is 65.9 Å². The summed E-state index contributed by atoms with van der Waals surface area (Å²) < 4.78 is 0. The predicted octanol–water partition coefficient (Wildman–Crippen LogP) is 4.52. The van der Waals surface area contributed by atoms with E-state index in [0.717, 1.165) is 54.6 Å². The first-order valence-corrected chi connectivity index (χ1v) is 10.1. The second kappa shape index (κ2) is 8.32. The first-order valence-electron chi connectivity index (χ1n) is 10.1. The highest BCUT2D eigenvalue weighted by Crippen LogP contribution is 2.32. The van der Waals surface area contributed by atoms with Crippen LogP contribution in [0.25, 0.3) is 10.9 Å². The van der Waals surface area contributed by atoms with E-state index in [4.69, 9.17) is 0 Å². The maximum Gasteiger partial charge on any atom is 0.227 e. The molecule has 29 heavy (non-hydrogen) atoms. The minimum Gasteiger partial charge on any atom is -0.370 e. The van der Waals surface area contributed by atoms with Crippen LogP contribution in [0.15, 0.2) is 54.7 Å². The second-order valence-electron chi connectivity index (χ2n) is 7.45. The van der Waals surface area contributed by atoms with Crippen molar-refractivity contribution in [1.82, 2.24) is 4.98 Å². The van der Waals surface area contributed by atoms with Gasteiger partial charge in [-0.05, 0) is 43.0 Å². The molecular formula is C24H24N4O. The lowest BCUT2D eigenvalue weighted by Gasteiger charge is -2.34. The van der Waals surface area contributed by atoms with E-state index in [1.54, 1.807) is 6.20 Å². The molecule has 1 aliphatic rings. The quantitative estimate of drug-likeness (QED) is 0.718. The molecule has 1 amide bonds. The molecule has 4 rings (SSSR count). The van der Waals surface area contributed by atoms with Gasteiger partial charge in [0, 0.05) is 36.3 Å². The van der Waals surface area contributed by atoms with Crippen LogP contribution in [0.1, 0.15) is 30.9 Å². The van der Waals surface area contributed by atoms with E-state index in [-0.39, 0.29) is 11.8 Å². The van der Waals surface area contributed by atoms with Gasteiger partial charge in [-0.1, -0.05) is 37.3 Å². The number of nitrogens with zero attached hydrogens (tertiary/aromatic N) is 3. The number of piperidine rings is 1. The Bertz CT molecular complexity index is 1080. The van der Waals surface area contributed by atoms with Gasteiger partial charge in [-0.2, -0.15) is 5.26 Å². The van der Waals surface area contributed by atoms with E-state index in [9.17, 15) is 10.1 Å². The molecule has 146 valence electrons. The van der Waals surface area contributed by atoms with Gasteiger partial charge in [-0.25, -0.2) is 0 Å². The number of rotatable bonds is 4. The second-order valence-corrected chi connectivity index (χ2v) is 7.45. The van der Waals surface area contributed by atoms with Gasteiger partial charge in [-0.3, -0.25) is 9.78 Å². The van der Waals surface area contributed by atoms with Gasteiger partial charge >= 0.3 is 0 Å². The van der Waals surface area contributed by atoms with Crippen LogP contribution >= 0.6 is 0 Å². The van der Waals surface area contributed by atoms with Crippen LogP contribution in [0, 0.1) is 17.2 Å². The molecule has 1 saturated heterocycles. The number of aryl methyl sites for hydroxylation is 1. The van der Waals surface area contributed by atoms with Crippen molar-refractivity contribution in [3.63, 3.8) is 0 Å². The summed E-state index contributed by atoms with van der Waals surface area (Å²) in [5, 5.41) is 13.6. The first kappa shape index (κ1) is 18.9. The third-order valence-corrected chi connectivity index (χ3v) is 5.65. The molecule has 1 aromatic heterocycles. The molecular weight excluding hydrogens is 360 g/mol. The summed E-state index contributed by atoms with van der Waals surface area (Å²) in [4.78, 5) is 19.4. The Morgan fingerprint density at radius 1 is 1.21 bits per heavy atom. The molecule has 1 fully saturated rings. The third kappa shape index (κ3) is 3.93. The maximum absolute atomic E-state index is 12.8. The van der Waals surface area contributed by atoms with Crippen molar-refractivity contribution in [2.75, 3.05) is 23.3 Å². The number of fused-ring (bicyclic) bond motifs is 1. The molecule has 5 heteroatoms. The van der Waals surface area contributed by atoms with Crippen LogP contribution in [0.4, 0.5) is 11.4 Å². The Labute approximate surface area is 171 Å². The highest BCUT2D eigenvalue weighted by molar-refractivity contribution is 5.95. The van der Waals surface area contributed by atoms with Crippen LogP contribution in [0.2, 0.25) is 0 Å². The molecule has 1 aliphatic heterocycles. The molecule has 0 spiro atoms. The lowest BCUT2D eigenvalue weighted by atomic mass is 9.94. The van der Waals surface area contributed by atoms with Gasteiger partial charge in [0.1, 0.15) is 6.07 Å². The number of nitriles is 1. The summed E-state index contributed by atoms with van der Waals surface area (Å²) in [6.07, 6.45) is 4.13. The van der Waals surface area contributed by atoms with E-state index < -0.39 is 0 Å². The normalized spacial score (nSPS) is 14.6. The van der Waals surface area contributed by atoms with Gasteiger partial charge in [0.2, 0.25) is 5.91 Å². The summed E-state index contributed by atoms with van der Waals surface area (Å²) in [5.74, 6) is 0.0631. The summed E-state index contributed by atoms with van der Waals surface area (Å²) in [6.45, 7) is 3.60. The van der Waals surface area contributed by atoms with Crippen molar-refractivity contribution in [2.24, 2.45) is 5.92 Å². The van der Waals surface area contributed by atoms with Gasteiger partial charge in [0.05, 0.1) is 16.8 Å². The molecule has 0 unspecified atom stereocenters. The standard InChI is InChI=1S/C24H24N4O/c1-2-17-6-5-7-20(14-17)27-24(29)18-10-12-28(13-11-18)23-19(15-25)16-26-22-9-4-3-8-21(22)23/h3-9,14,16,18H,2,10-13H2,1H3,(H,27,29). The maximum atomic E-state index is 12.8. The molecule has 2 aromatic carbocycles. The average molecular weight is 384 g/mol. The summed E-state index contributed by atoms with van der Waals surface area (Å²) in [6, 6.07) is 18.2. The van der Waals surface area contributed by atoms with Crippen LogP contribution < -0.4 is 10.2 Å². The van der Waals surface area contributed by atoms with Crippen molar-refractivity contribution in [3.8, 4) is 6.07 Å². The summed E-state index contributed by atoms with van der Waals surface area (Å²) in [5.41, 5.74) is 4.49. The van der Waals surface area contributed by atoms with Gasteiger partial charge in [-0.15, -0.1) is 0 Å². The SMILES string of the molecule is CCc1cccc(NC(=O)C2CCN(c3c(C#N)cnc4ccccc34)CC2)c1. The Morgan fingerprint density at radius 2 is 2.00 bits per heavy atom. The van der Waals surface area contributed by atoms with Crippen molar-refractivity contribution < 1.29 is 4.79 Å². The summed E-state index contributed by atoms with van der Waals surface area (Å²) >= 11 is 0. The fraction of sp³-hybridized carbons (Fsp3) is 0.292. The molecule has 0 saturated carbocycles. The van der Waals surface area contributed by atoms with Crippen LogP contribution in [0.3, 0.4) is 0 Å². The number of aromatic nitrogens is 1. The Kier molecular flexibility index (Phi) is 5.44. The predicted molar refractivity (Wildman–Crippen MR) is 116 cm³/mol. The zero-order chi connectivity index (χ0) is 20.2. The molecule has 3 aromatic rings. The highest BCUT2D eigenvalue weighted by Gasteiger charge is 2.27. The molecule has 0 aliphatic carbocycles. The van der Waals surface area contributed by atoms with Crippen LogP contribution in [-0.4, -0.2) is 24.0 Å². The van der Waals surface area contributed by atoms with Crippen LogP contribution in [-0.2, 0) is 11.2 Å². The molecule has 0 radical (unpaired) electrons. The third-order valence-electron chi connectivity index (χ3n) is 5.65. The highest BCUT2D eigenvalue weighted by atomic mass is 16.1. The minimum atomic E-state index is -0.0184. The number of benzene rings is 2. The number of hydrogen-bond donors (Lipinski definition) is 1. The topological polar surface area (TPSA) is 69.0 Å². The Balaban J connectivity index is 1.48. The van der Waals surface area contributed by atoms with Crippen molar-refractivity contribution in [2.45, 2.75) is 26.2 Å². The Morgan fingerprint density at radius 3 is 2.76 bits per heavy atom. The molecule has 2 heterocycles. The zero-order valence-electron chi connectivity index (χ0n) is 16.6. The zero-order valence-corrected chi connectivity index (χ0v) is 16.6. The lowest BCUT2D eigenvalue weighted by molar-refractivity contribution is -0.120. The smallest absolute Gasteiger partial charge is 0.227 e. The van der Waals surface area contributed by atoms with Gasteiger partial charge in [0.15, 0.2) is 0 Å². The average Bonchev–Trinajstić information content (AvgIpc) is 2.78. The van der Waals surface area contributed by atoms with Crippen molar-refractivity contribution >= 4 is 28.2 Å². The van der Waals surface area contributed by atoms with E-state index >= 15 is 0 Å². The number of para-hydroxylation sites is 1. The number of carbonyl (C=O) groups excluding carboxylic acids is 1. The summed E-state index contributed by atoms with van der Waals surface area (Å²) in [7, 11) is 0. The Hall–Kier alpha value is -3.39. The van der Waals surface area contributed by atoms with E-state index in [1.165, 1.54) is 5.56 Å². The molecule has 0 atom stereocenters. The van der Waals surface area contributed by atoms with Crippen molar-refractivity contribution in [1.29, 1.82) is 5.26 Å². The first-order chi connectivity index (χ1) is 14.2. The molecule has 1 N–H and O–H groups in total. The van der Waals surface area contributed by atoms with E-state index in [2.05, 4.69) is 34.3 Å². The monoisotopic (exact) mass is 384 g/mol.